The van der Waals surface area contributed by atoms with Crippen LogP contribution in [-0.2, 0) is 11.3 Å². The lowest BCUT2D eigenvalue weighted by Gasteiger charge is -2.23. The van der Waals surface area contributed by atoms with Crippen molar-refractivity contribution in [1.29, 1.82) is 0 Å². The molecule has 0 saturated carbocycles. The largest absolute Gasteiger partial charge is 0.372 e. The number of hydrogen-bond donors (Lipinski definition) is 4. The Morgan fingerprint density at radius 2 is 1.69 bits per heavy atom. The minimum absolute atomic E-state index is 0.177. The van der Waals surface area contributed by atoms with Crippen LogP contribution in [0, 0.1) is 0 Å². The molecule has 0 aliphatic rings. The van der Waals surface area contributed by atoms with E-state index in [-0.39, 0.29) is 12.5 Å². The van der Waals surface area contributed by atoms with Gasteiger partial charge in [0.25, 0.3) is 5.91 Å². The van der Waals surface area contributed by atoms with Gasteiger partial charge in [0.2, 0.25) is 5.91 Å². The number of carbonyl (C=O) groups excluding carboxylic acids is 2. The number of nitrogens with zero attached hydrogens (tertiary/aromatic N) is 2. The number of benzene rings is 2. The molecule has 172 valence electrons. The van der Waals surface area contributed by atoms with Gasteiger partial charge in [-0.15, -0.1) is 0 Å². The van der Waals surface area contributed by atoms with Crippen LogP contribution in [0.5, 0.6) is 0 Å². The molecule has 0 fully saturated rings. The van der Waals surface area contributed by atoms with Gasteiger partial charge in [0.05, 0.1) is 13.1 Å². The number of nitrogens with one attached hydrogen (secondary N) is 3. The van der Waals surface area contributed by atoms with Crippen LogP contribution in [0.3, 0.4) is 0 Å². The lowest BCUT2D eigenvalue weighted by molar-refractivity contribution is -0.117. The van der Waals surface area contributed by atoms with Crippen molar-refractivity contribution in [2.75, 3.05) is 37.6 Å². The first kappa shape index (κ1) is 24.7. The molecule has 2 aromatic rings. The zero-order valence-electron chi connectivity index (χ0n) is 18.9. The molecule has 0 heterocycles. The molecule has 2 aromatic carbocycles. The molecule has 5 N–H and O–H groups in total. The smallest absolute Gasteiger partial charge is 0.251 e. The van der Waals surface area contributed by atoms with E-state index in [9.17, 15) is 9.59 Å². The molecule has 0 unspecified atom stereocenters. The second-order valence-electron chi connectivity index (χ2n) is 7.24. The monoisotopic (exact) mass is 438 g/mol. The number of nitrogens with two attached hydrogens (primary N) is 1. The summed E-state index contributed by atoms with van der Waals surface area (Å²) in [4.78, 5) is 29.7. The minimum Gasteiger partial charge on any atom is -0.372 e. The molecule has 2 amide bonds. The average molecular weight is 439 g/mol. The Kier molecular flexibility index (Phi) is 10.6. The van der Waals surface area contributed by atoms with Gasteiger partial charge in [-0.1, -0.05) is 30.3 Å². The van der Waals surface area contributed by atoms with Crippen molar-refractivity contribution in [3.63, 3.8) is 0 Å². The van der Waals surface area contributed by atoms with Crippen LogP contribution in [0.2, 0.25) is 0 Å². The van der Waals surface area contributed by atoms with E-state index in [4.69, 9.17) is 5.73 Å². The highest BCUT2D eigenvalue weighted by Gasteiger charge is 2.07. The third kappa shape index (κ3) is 8.67. The summed E-state index contributed by atoms with van der Waals surface area (Å²) in [5, 5.41) is 9.12. The first-order valence-electron chi connectivity index (χ1n) is 11.0. The van der Waals surface area contributed by atoms with Crippen molar-refractivity contribution >= 4 is 23.5 Å². The van der Waals surface area contributed by atoms with Gasteiger partial charge in [0.15, 0.2) is 5.96 Å². The van der Waals surface area contributed by atoms with Crippen LogP contribution < -0.4 is 26.6 Å². The van der Waals surface area contributed by atoms with Crippen molar-refractivity contribution in [3.8, 4) is 0 Å². The molecule has 2 rings (SSSR count). The number of amides is 2. The highest BCUT2D eigenvalue weighted by Crippen LogP contribution is 2.12. The number of carbonyl (C=O) groups is 2. The van der Waals surface area contributed by atoms with Gasteiger partial charge in [-0.3, -0.25) is 9.59 Å². The second kappa shape index (κ2) is 13.7. The van der Waals surface area contributed by atoms with E-state index < -0.39 is 5.91 Å². The number of guanidine groups is 1. The van der Waals surface area contributed by atoms with Crippen molar-refractivity contribution < 1.29 is 9.59 Å². The third-order valence-corrected chi connectivity index (χ3v) is 4.80. The van der Waals surface area contributed by atoms with Gasteiger partial charge in [-0.25, -0.2) is 4.99 Å². The zero-order valence-corrected chi connectivity index (χ0v) is 18.9. The van der Waals surface area contributed by atoms with E-state index in [1.807, 2.05) is 25.1 Å². The standard InChI is InChI=1S/C24H34N6O2/c1-3-26-24(27-15-8-16-30(4-2)21-9-6-5-7-10-21)29-17-19-11-13-20(14-12-19)23(32)28-18-22(25)31/h5-7,9-14H,3-4,8,15-18H2,1-2H3,(H2,25,31)(H,28,32)(H2,26,27,29). The summed E-state index contributed by atoms with van der Waals surface area (Å²) in [6.45, 7) is 8.03. The van der Waals surface area contributed by atoms with E-state index in [0.717, 1.165) is 44.1 Å². The maximum absolute atomic E-state index is 11.9. The number of rotatable bonds is 12. The Bertz CT molecular complexity index is 868. The zero-order chi connectivity index (χ0) is 23.2. The van der Waals surface area contributed by atoms with Crippen LogP contribution in [0.25, 0.3) is 0 Å². The van der Waals surface area contributed by atoms with Gasteiger partial charge in [0, 0.05) is 37.4 Å². The summed E-state index contributed by atoms with van der Waals surface area (Å²) >= 11 is 0. The van der Waals surface area contributed by atoms with E-state index >= 15 is 0 Å². The summed E-state index contributed by atoms with van der Waals surface area (Å²) < 4.78 is 0. The molecule has 32 heavy (non-hydrogen) atoms. The average Bonchev–Trinajstić information content (AvgIpc) is 2.81. The summed E-state index contributed by atoms with van der Waals surface area (Å²) in [6, 6.07) is 17.6. The van der Waals surface area contributed by atoms with E-state index in [2.05, 4.69) is 57.0 Å². The number of aliphatic imine (C=N–C) groups is 1. The Balaban J connectivity index is 1.83. The van der Waals surface area contributed by atoms with Gasteiger partial charge in [-0.05, 0) is 50.1 Å². The molecular formula is C24H34N6O2. The van der Waals surface area contributed by atoms with Crippen molar-refractivity contribution in [2.24, 2.45) is 10.7 Å². The quantitative estimate of drug-likeness (QED) is 0.230. The summed E-state index contributed by atoms with van der Waals surface area (Å²) in [5.74, 6) is -0.140. The molecule has 0 bridgehead atoms. The number of hydrogen-bond acceptors (Lipinski definition) is 4. The predicted octanol–water partition coefficient (Wildman–Crippen LogP) is 1.87. The molecule has 8 heteroatoms. The van der Waals surface area contributed by atoms with E-state index in [1.54, 1.807) is 12.1 Å². The predicted molar refractivity (Wildman–Crippen MR) is 130 cm³/mol. The molecule has 0 aliphatic heterocycles. The summed E-state index contributed by atoms with van der Waals surface area (Å²) in [5.41, 5.74) is 7.74. The van der Waals surface area contributed by atoms with Crippen molar-refractivity contribution in [1.82, 2.24) is 16.0 Å². The van der Waals surface area contributed by atoms with Crippen molar-refractivity contribution in [2.45, 2.75) is 26.8 Å². The van der Waals surface area contributed by atoms with Gasteiger partial charge < -0.3 is 26.6 Å². The Morgan fingerprint density at radius 3 is 2.31 bits per heavy atom. The van der Waals surface area contributed by atoms with E-state index in [0.29, 0.717) is 12.1 Å². The Hall–Kier alpha value is -3.55. The lowest BCUT2D eigenvalue weighted by atomic mass is 10.1. The fraction of sp³-hybridized carbons (Fsp3) is 0.375. The molecule has 0 atom stereocenters. The van der Waals surface area contributed by atoms with Crippen molar-refractivity contribution in [3.05, 3.63) is 65.7 Å². The molecule has 0 radical (unpaired) electrons. The van der Waals surface area contributed by atoms with Crippen LogP contribution in [0.1, 0.15) is 36.2 Å². The fourth-order valence-corrected chi connectivity index (χ4v) is 3.13. The van der Waals surface area contributed by atoms with Crippen LogP contribution in [0.15, 0.2) is 59.6 Å². The first-order valence-corrected chi connectivity index (χ1v) is 11.0. The molecule has 0 aliphatic carbocycles. The number of anilines is 1. The van der Waals surface area contributed by atoms with Crippen LogP contribution >= 0.6 is 0 Å². The number of para-hydroxylation sites is 1. The molecule has 0 spiro atoms. The van der Waals surface area contributed by atoms with Gasteiger partial charge in [0.1, 0.15) is 0 Å². The molecule has 8 nitrogen and oxygen atoms in total. The Labute approximate surface area is 190 Å². The highest BCUT2D eigenvalue weighted by molar-refractivity contribution is 5.96. The second-order valence-corrected chi connectivity index (χ2v) is 7.24. The minimum atomic E-state index is -0.574. The first-order chi connectivity index (χ1) is 15.5. The van der Waals surface area contributed by atoms with Crippen LogP contribution in [0.4, 0.5) is 5.69 Å². The summed E-state index contributed by atoms with van der Waals surface area (Å²) in [6.07, 6.45) is 0.988. The molecule has 0 saturated heterocycles. The van der Waals surface area contributed by atoms with Crippen LogP contribution in [-0.4, -0.2) is 50.5 Å². The fourth-order valence-electron chi connectivity index (χ4n) is 3.13. The Morgan fingerprint density at radius 1 is 0.969 bits per heavy atom. The summed E-state index contributed by atoms with van der Waals surface area (Å²) in [7, 11) is 0. The van der Waals surface area contributed by atoms with E-state index in [1.165, 1.54) is 5.69 Å². The third-order valence-electron chi connectivity index (χ3n) is 4.80. The molecule has 0 aromatic heterocycles. The maximum Gasteiger partial charge on any atom is 0.251 e. The number of primary amides is 1. The SMILES string of the molecule is CCNC(=NCc1ccc(C(=O)NCC(N)=O)cc1)NCCCN(CC)c1ccccc1. The topological polar surface area (TPSA) is 112 Å². The van der Waals surface area contributed by atoms with Gasteiger partial charge in [-0.2, -0.15) is 0 Å². The normalized spacial score (nSPS) is 11.0. The maximum atomic E-state index is 11.9. The molecular weight excluding hydrogens is 404 g/mol. The lowest BCUT2D eigenvalue weighted by Crippen LogP contribution is -2.38. The highest BCUT2D eigenvalue weighted by atomic mass is 16.2. The van der Waals surface area contributed by atoms with Gasteiger partial charge >= 0.3 is 0 Å².